The monoisotopic (exact) mass is 454 g/mol. The number of fused-ring (bicyclic) bond motifs is 2. The maximum absolute atomic E-state index is 12.8. The minimum Gasteiger partial charge on any atom is -0.448 e. The summed E-state index contributed by atoms with van der Waals surface area (Å²) in [6, 6.07) is -0.0276. The molecule has 6 aliphatic rings. The first kappa shape index (κ1) is 22.3. The maximum Gasteiger partial charge on any atom is 0.404 e. The molecule has 0 radical (unpaired) electrons. The van der Waals surface area contributed by atoms with Crippen LogP contribution in [-0.2, 0) is 33.5 Å². The van der Waals surface area contributed by atoms with Crippen molar-refractivity contribution < 1.29 is 38.3 Å². The van der Waals surface area contributed by atoms with Gasteiger partial charge in [-0.25, -0.2) is 14.6 Å². The molecule has 6 rings (SSSR count). The number of rotatable bonds is 4. The summed E-state index contributed by atoms with van der Waals surface area (Å²) in [6.45, 7) is 8.96. The number of carbonyl (C=O) groups excluding carboxylic acids is 2. The van der Waals surface area contributed by atoms with Crippen molar-refractivity contribution in [3.05, 3.63) is 0 Å². The molecule has 0 aromatic carbocycles. The van der Waals surface area contributed by atoms with Crippen molar-refractivity contribution in [1.29, 1.82) is 0 Å². The van der Waals surface area contributed by atoms with E-state index in [1.165, 1.54) is 0 Å². The molecule has 1 amide bonds. The molecule has 2 bridgehead atoms. The van der Waals surface area contributed by atoms with Crippen molar-refractivity contribution >= 4 is 12.1 Å². The number of amides is 1. The smallest absolute Gasteiger partial charge is 0.404 e. The van der Waals surface area contributed by atoms with E-state index < -0.39 is 23.8 Å². The van der Waals surface area contributed by atoms with Crippen LogP contribution in [-0.4, -0.2) is 73.6 Å². The summed E-state index contributed by atoms with van der Waals surface area (Å²) < 4.78 is 22.8. The average molecular weight is 455 g/mol. The molecule has 5 heterocycles. The van der Waals surface area contributed by atoms with Crippen molar-refractivity contribution in [1.82, 2.24) is 4.90 Å². The second kappa shape index (κ2) is 8.09. The molecule has 10 nitrogen and oxygen atoms in total. The highest BCUT2D eigenvalue weighted by molar-refractivity contribution is 5.74. The molecule has 9 atom stereocenters. The van der Waals surface area contributed by atoms with Crippen LogP contribution in [0.3, 0.4) is 0 Å². The Morgan fingerprint density at radius 2 is 2.00 bits per heavy atom. The molecule has 1 unspecified atom stereocenters. The Labute approximate surface area is 187 Å². The van der Waals surface area contributed by atoms with E-state index in [1.807, 2.05) is 13.8 Å². The molecule has 1 spiro atoms. The van der Waals surface area contributed by atoms with Gasteiger partial charge >= 0.3 is 12.1 Å². The van der Waals surface area contributed by atoms with Gasteiger partial charge in [0.2, 0.25) is 12.1 Å². The predicted molar refractivity (Wildman–Crippen MR) is 109 cm³/mol. The van der Waals surface area contributed by atoms with Gasteiger partial charge in [-0.2, -0.15) is 0 Å². The summed E-state index contributed by atoms with van der Waals surface area (Å²) >= 11 is 0. The second-order valence-corrected chi connectivity index (χ2v) is 10.2. The average Bonchev–Trinajstić information content (AvgIpc) is 2.99. The molecule has 0 aromatic heterocycles. The molecule has 2 N–H and O–H groups in total. The normalized spacial score (nSPS) is 47.2. The van der Waals surface area contributed by atoms with Crippen LogP contribution in [0.25, 0.3) is 0 Å². The third-order valence-corrected chi connectivity index (χ3v) is 8.60. The van der Waals surface area contributed by atoms with Gasteiger partial charge in [0.1, 0.15) is 6.61 Å². The molecular weight excluding hydrogens is 420 g/mol. The molecule has 10 heteroatoms. The van der Waals surface area contributed by atoms with E-state index in [4.69, 9.17) is 34.5 Å². The fourth-order valence-electron chi connectivity index (χ4n) is 6.87. The molecule has 5 aliphatic heterocycles. The number of esters is 1. The minimum absolute atomic E-state index is 0.0276. The van der Waals surface area contributed by atoms with E-state index in [1.54, 1.807) is 0 Å². The number of nitrogens with two attached hydrogens (primary N) is 1. The predicted octanol–water partition coefficient (Wildman–Crippen LogP) is 1.42. The summed E-state index contributed by atoms with van der Waals surface area (Å²) in [5.74, 6) is -1.29. The van der Waals surface area contributed by atoms with Gasteiger partial charge in [0.25, 0.3) is 0 Å². The summed E-state index contributed by atoms with van der Waals surface area (Å²) in [5, 5.41) is 0. The van der Waals surface area contributed by atoms with E-state index in [9.17, 15) is 9.59 Å². The van der Waals surface area contributed by atoms with Gasteiger partial charge in [0.15, 0.2) is 5.60 Å². The fourth-order valence-corrected chi connectivity index (χ4v) is 6.87. The van der Waals surface area contributed by atoms with Crippen molar-refractivity contribution in [2.24, 2.45) is 35.3 Å². The highest BCUT2D eigenvalue weighted by atomic mass is 17.3. The second-order valence-electron chi connectivity index (χ2n) is 10.2. The molecule has 5 saturated heterocycles. The maximum atomic E-state index is 12.8. The lowest BCUT2D eigenvalue weighted by Gasteiger charge is -2.60. The Bertz CT molecular complexity index is 760. The molecule has 1 saturated carbocycles. The Morgan fingerprint density at radius 1 is 1.25 bits per heavy atom. The van der Waals surface area contributed by atoms with Gasteiger partial charge in [0.05, 0.1) is 19.1 Å². The quantitative estimate of drug-likeness (QED) is 0.497. The summed E-state index contributed by atoms with van der Waals surface area (Å²) in [6.07, 6.45) is 0.625. The number of nitrogens with zero attached hydrogens (tertiary/aromatic N) is 1. The number of hydrogen-bond donors (Lipinski definition) is 1. The SMILES string of the molecule is C[C@H]1[C@@H](C(COC(N)=O)N2CCOCC2)C[C@H]2[C@@H](C)C(=O)O[C@@H]3O[C@@]4(C)CC[C@@H]1[C@]32OO4. The number of hydrogen-bond acceptors (Lipinski definition) is 9. The standard InChI is InChI=1S/C22H34N2O8/c1-12-14(17(11-28-20(23)26)24-6-8-27-9-7-24)10-16-13(2)18(25)29-19-22(16)15(12)4-5-21(3,30-19)31-32-22/h12-17,19H,4-11H2,1-3H3,(H2,23,26)/t12-,13+,14-,15-,16-,17?,19+,21+,22+/m0/s1. The zero-order valence-corrected chi connectivity index (χ0v) is 19.0. The number of ether oxygens (including phenoxy) is 4. The first-order valence-electron chi connectivity index (χ1n) is 11.7. The number of carbonyl (C=O) groups is 2. The molecule has 6 fully saturated rings. The van der Waals surface area contributed by atoms with E-state index >= 15 is 0 Å². The fraction of sp³-hybridized carbons (Fsp3) is 0.909. The molecule has 180 valence electrons. The lowest BCUT2D eigenvalue weighted by Crippen LogP contribution is -2.71. The first-order chi connectivity index (χ1) is 15.2. The Kier molecular flexibility index (Phi) is 5.65. The topological polar surface area (TPSA) is 119 Å². The van der Waals surface area contributed by atoms with Gasteiger partial charge in [-0.05, 0) is 31.6 Å². The molecule has 1 aliphatic carbocycles. The van der Waals surface area contributed by atoms with E-state index in [2.05, 4.69) is 11.8 Å². The minimum atomic E-state index is -0.938. The number of primary amides is 1. The summed E-state index contributed by atoms with van der Waals surface area (Å²) in [7, 11) is 0. The van der Waals surface area contributed by atoms with E-state index in [-0.39, 0.29) is 48.2 Å². The molecular formula is C22H34N2O8. The lowest BCUT2D eigenvalue weighted by molar-refractivity contribution is -0.560. The largest absolute Gasteiger partial charge is 0.448 e. The van der Waals surface area contributed by atoms with Crippen LogP contribution in [0.4, 0.5) is 4.79 Å². The highest BCUT2D eigenvalue weighted by Crippen LogP contribution is 2.61. The van der Waals surface area contributed by atoms with Crippen molar-refractivity contribution in [3.8, 4) is 0 Å². The van der Waals surface area contributed by atoms with Gasteiger partial charge in [-0.15, -0.1) is 0 Å². The van der Waals surface area contributed by atoms with Gasteiger partial charge in [-0.1, -0.05) is 13.8 Å². The van der Waals surface area contributed by atoms with Crippen molar-refractivity contribution in [3.63, 3.8) is 0 Å². The van der Waals surface area contributed by atoms with Crippen LogP contribution in [0.2, 0.25) is 0 Å². The first-order valence-corrected chi connectivity index (χ1v) is 11.7. The van der Waals surface area contributed by atoms with Crippen molar-refractivity contribution in [2.75, 3.05) is 32.9 Å². The Balaban J connectivity index is 1.51. The third kappa shape index (κ3) is 3.42. The third-order valence-electron chi connectivity index (χ3n) is 8.60. The van der Waals surface area contributed by atoms with Crippen molar-refractivity contribution in [2.45, 2.75) is 63.8 Å². The van der Waals surface area contributed by atoms with Gasteiger partial charge in [0, 0.05) is 37.4 Å². The van der Waals surface area contributed by atoms with E-state index in [0.29, 0.717) is 26.1 Å². The van der Waals surface area contributed by atoms with Gasteiger partial charge < -0.3 is 24.7 Å². The van der Waals surface area contributed by atoms with Crippen LogP contribution in [0, 0.1) is 29.6 Å². The van der Waals surface area contributed by atoms with Crippen LogP contribution in [0.5, 0.6) is 0 Å². The Hall–Kier alpha value is -1.46. The number of morpholine rings is 1. The summed E-state index contributed by atoms with van der Waals surface area (Å²) in [5.41, 5.74) is 4.49. The lowest BCUT2D eigenvalue weighted by atomic mass is 9.54. The molecule has 32 heavy (non-hydrogen) atoms. The highest BCUT2D eigenvalue weighted by Gasteiger charge is 2.71. The zero-order valence-electron chi connectivity index (χ0n) is 19.0. The summed E-state index contributed by atoms with van der Waals surface area (Å²) in [4.78, 5) is 38.6. The van der Waals surface area contributed by atoms with Gasteiger partial charge in [-0.3, -0.25) is 9.69 Å². The van der Waals surface area contributed by atoms with Crippen LogP contribution >= 0.6 is 0 Å². The van der Waals surface area contributed by atoms with Crippen LogP contribution < -0.4 is 5.73 Å². The Morgan fingerprint density at radius 3 is 2.72 bits per heavy atom. The molecule has 0 aromatic rings. The van der Waals surface area contributed by atoms with Crippen LogP contribution in [0.1, 0.15) is 40.0 Å². The van der Waals surface area contributed by atoms with Crippen LogP contribution in [0.15, 0.2) is 0 Å². The zero-order chi connectivity index (χ0) is 22.7. The van der Waals surface area contributed by atoms with E-state index in [0.717, 1.165) is 19.5 Å².